The van der Waals surface area contributed by atoms with Gasteiger partial charge in [-0.25, -0.2) is 0 Å². The maximum atomic E-state index is 10.8. The van der Waals surface area contributed by atoms with Crippen LogP contribution in [0.5, 0.6) is 0 Å². The third-order valence-electron chi connectivity index (χ3n) is 3.95. The van der Waals surface area contributed by atoms with Crippen LogP contribution >= 0.6 is 22.6 Å². The van der Waals surface area contributed by atoms with Crippen LogP contribution in [0.15, 0.2) is 18.2 Å². The zero-order chi connectivity index (χ0) is 14.2. The number of nitrogens with one attached hydrogen (secondary N) is 1. The average molecular weight is 376 g/mol. The van der Waals surface area contributed by atoms with Crippen LogP contribution in [0.1, 0.15) is 20.3 Å². The summed E-state index contributed by atoms with van der Waals surface area (Å²) in [5.41, 5.74) is 1.14. The van der Waals surface area contributed by atoms with Crippen LogP contribution in [0.2, 0.25) is 0 Å². The summed E-state index contributed by atoms with van der Waals surface area (Å²) in [6, 6.07) is 5.45. The van der Waals surface area contributed by atoms with Crippen molar-refractivity contribution in [3.05, 3.63) is 31.9 Å². The topological polar surface area (TPSA) is 64.4 Å². The Hall–Kier alpha value is -0.890. The van der Waals surface area contributed by atoms with Crippen molar-refractivity contribution in [2.45, 2.75) is 32.4 Å². The highest BCUT2D eigenvalue weighted by Gasteiger charge is 2.48. The Labute approximate surface area is 126 Å². The highest BCUT2D eigenvalue weighted by atomic mass is 127. The van der Waals surface area contributed by atoms with Crippen molar-refractivity contribution >= 4 is 34.0 Å². The first-order valence-corrected chi connectivity index (χ1v) is 7.17. The van der Waals surface area contributed by atoms with Gasteiger partial charge >= 0.3 is 0 Å². The minimum absolute atomic E-state index is 0.0714. The molecule has 0 bridgehead atoms. The summed E-state index contributed by atoms with van der Waals surface area (Å²) < 4.78 is 6.06. The highest BCUT2D eigenvalue weighted by Crippen LogP contribution is 2.44. The number of halogens is 1. The lowest BCUT2D eigenvalue weighted by atomic mass is 9.64. The van der Waals surface area contributed by atoms with E-state index in [9.17, 15) is 10.1 Å². The van der Waals surface area contributed by atoms with Gasteiger partial charge in [0.15, 0.2) is 0 Å². The predicted molar refractivity (Wildman–Crippen MR) is 82.4 cm³/mol. The van der Waals surface area contributed by atoms with Crippen LogP contribution in [0, 0.1) is 19.1 Å². The van der Waals surface area contributed by atoms with Gasteiger partial charge in [-0.15, -0.1) is 0 Å². The molecule has 2 unspecified atom stereocenters. The van der Waals surface area contributed by atoms with E-state index in [0.29, 0.717) is 9.61 Å². The molecular formula is C13H17IN2O3. The van der Waals surface area contributed by atoms with Crippen LogP contribution in [0.4, 0.5) is 11.4 Å². The molecule has 2 atom stereocenters. The second-order valence-electron chi connectivity index (χ2n) is 5.40. The van der Waals surface area contributed by atoms with E-state index in [1.165, 1.54) is 0 Å². The zero-order valence-electron chi connectivity index (χ0n) is 11.1. The smallest absolute Gasteiger partial charge is 0.282 e. The first-order valence-electron chi connectivity index (χ1n) is 6.09. The van der Waals surface area contributed by atoms with E-state index in [4.69, 9.17) is 4.74 Å². The van der Waals surface area contributed by atoms with E-state index in [0.717, 1.165) is 12.1 Å². The molecular weight excluding hydrogens is 359 g/mol. The molecule has 1 aliphatic rings. The second kappa shape index (κ2) is 5.24. The predicted octanol–water partition coefficient (Wildman–Crippen LogP) is 3.42. The number of nitro benzene ring substituents is 1. The third-order valence-corrected chi connectivity index (χ3v) is 4.81. The van der Waals surface area contributed by atoms with Crippen LogP contribution in [-0.4, -0.2) is 24.2 Å². The van der Waals surface area contributed by atoms with Crippen molar-refractivity contribution in [1.29, 1.82) is 0 Å². The molecule has 0 radical (unpaired) electrons. The van der Waals surface area contributed by atoms with Crippen molar-refractivity contribution in [3.63, 3.8) is 0 Å². The molecule has 1 aromatic rings. The molecule has 1 saturated carbocycles. The Kier molecular flexibility index (Phi) is 4.00. The summed E-state index contributed by atoms with van der Waals surface area (Å²) in [4.78, 5) is 10.4. The van der Waals surface area contributed by atoms with Crippen LogP contribution in [0.3, 0.4) is 0 Å². The lowest BCUT2D eigenvalue weighted by molar-refractivity contribution is -0.385. The fraction of sp³-hybridized carbons (Fsp3) is 0.538. The number of benzene rings is 1. The molecule has 1 N–H and O–H groups in total. The van der Waals surface area contributed by atoms with Crippen LogP contribution < -0.4 is 5.32 Å². The van der Waals surface area contributed by atoms with Gasteiger partial charge in [-0.1, -0.05) is 13.8 Å². The van der Waals surface area contributed by atoms with Gasteiger partial charge in [0.1, 0.15) is 0 Å². The molecule has 0 aliphatic heterocycles. The van der Waals surface area contributed by atoms with E-state index < -0.39 is 0 Å². The van der Waals surface area contributed by atoms with E-state index in [1.807, 2.05) is 28.7 Å². The maximum absolute atomic E-state index is 10.8. The standard InChI is InChI=1S/C13H17IN2O3/c1-13(2)11(7-12(13)19-3)15-8-4-5-10(16(17)18)9(14)6-8/h4-6,11-12,15H,7H2,1-3H3. The number of hydrogen-bond acceptors (Lipinski definition) is 4. The van der Waals surface area contributed by atoms with E-state index >= 15 is 0 Å². The first-order chi connectivity index (χ1) is 8.86. The molecule has 2 rings (SSSR count). The van der Waals surface area contributed by atoms with Crippen molar-refractivity contribution in [2.75, 3.05) is 12.4 Å². The van der Waals surface area contributed by atoms with Gasteiger partial charge in [0.25, 0.3) is 5.69 Å². The zero-order valence-corrected chi connectivity index (χ0v) is 13.3. The van der Waals surface area contributed by atoms with Gasteiger partial charge in [0.05, 0.1) is 14.6 Å². The monoisotopic (exact) mass is 376 g/mol. The minimum atomic E-state index is -0.361. The quantitative estimate of drug-likeness (QED) is 0.497. The van der Waals surface area contributed by atoms with Crippen molar-refractivity contribution < 1.29 is 9.66 Å². The molecule has 0 spiro atoms. The Balaban J connectivity index is 2.09. The minimum Gasteiger partial charge on any atom is -0.382 e. The molecule has 1 aliphatic carbocycles. The summed E-state index contributed by atoms with van der Waals surface area (Å²) >= 11 is 1.99. The lowest BCUT2D eigenvalue weighted by Gasteiger charge is -2.51. The van der Waals surface area contributed by atoms with E-state index in [1.54, 1.807) is 19.2 Å². The van der Waals surface area contributed by atoms with Crippen molar-refractivity contribution in [2.24, 2.45) is 5.41 Å². The van der Waals surface area contributed by atoms with E-state index in [-0.39, 0.29) is 22.1 Å². The number of rotatable bonds is 4. The Bertz CT molecular complexity index is 505. The molecule has 1 aromatic carbocycles. The van der Waals surface area contributed by atoms with E-state index in [2.05, 4.69) is 19.2 Å². The second-order valence-corrected chi connectivity index (χ2v) is 6.56. The summed E-state index contributed by atoms with van der Waals surface area (Å²) in [5.74, 6) is 0. The lowest BCUT2D eigenvalue weighted by Crippen LogP contribution is -2.57. The largest absolute Gasteiger partial charge is 0.382 e. The number of methoxy groups -OCH3 is 1. The molecule has 0 aromatic heterocycles. The summed E-state index contributed by atoms with van der Waals surface area (Å²) in [7, 11) is 1.73. The number of anilines is 1. The van der Waals surface area contributed by atoms with Crippen molar-refractivity contribution in [3.8, 4) is 0 Å². The molecule has 0 saturated heterocycles. The van der Waals surface area contributed by atoms with Crippen molar-refractivity contribution in [1.82, 2.24) is 0 Å². The summed E-state index contributed by atoms with van der Waals surface area (Å²) in [6.07, 6.45) is 1.22. The van der Waals surface area contributed by atoms with Gasteiger partial charge in [-0.05, 0) is 41.1 Å². The Morgan fingerprint density at radius 1 is 1.53 bits per heavy atom. The Morgan fingerprint density at radius 3 is 2.68 bits per heavy atom. The normalized spacial score (nSPS) is 24.6. The molecule has 1 fully saturated rings. The third kappa shape index (κ3) is 2.69. The number of nitro groups is 1. The SMILES string of the molecule is COC1CC(Nc2ccc([N+](=O)[O-])c(I)c2)C1(C)C. The summed E-state index contributed by atoms with van der Waals surface area (Å²) in [5, 5.41) is 14.2. The highest BCUT2D eigenvalue weighted by molar-refractivity contribution is 14.1. The molecule has 0 amide bonds. The number of nitrogens with zero attached hydrogens (tertiary/aromatic N) is 1. The van der Waals surface area contributed by atoms with Gasteiger partial charge in [0.2, 0.25) is 0 Å². The maximum Gasteiger partial charge on any atom is 0.282 e. The number of ether oxygens (including phenoxy) is 1. The van der Waals surface area contributed by atoms with Crippen LogP contribution in [0.25, 0.3) is 0 Å². The average Bonchev–Trinajstić information content (AvgIpc) is 2.33. The van der Waals surface area contributed by atoms with Gasteiger partial charge in [-0.2, -0.15) is 0 Å². The molecule has 0 heterocycles. The first kappa shape index (κ1) is 14.5. The van der Waals surface area contributed by atoms with Gasteiger partial charge in [-0.3, -0.25) is 10.1 Å². The van der Waals surface area contributed by atoms with Crippen LogP contribution in [-0.2, 0) is 4.74 Å². The fourth-order valence-corrected chi connectivity index (χ4v) is 3.19. The molecule has 104 valence electrons. The summed E-state index contributed by atoms with van der Waals surface area (Å²) in [6.45, 7) is 4.33. The molecule has 6 heteroatoms. The van der Waals surface area contributed by atoms with Gasteiger partial charge < -0.3 is 10.1 Å². The molecule has 5 nitrogen and oxygen atoms in total. The molecule has 19 heavy (non-hydrogen) atoms. The van der Waals surface area contributed by atoms with Gasteiger partial charge in [0, 0.05) is 30.3 Å². The number of hydrogen-bond donors (Lipinski definition) is 1. The Morgan fingerprint density at radius 2 is 2.21 bits per heavy atom. The fourth-order valence-electron chi connectivity index (χ4n) is 2.48.